The van der Waals surface area contributed by atoms with Crippen molar-refractivity contribution < 1.29 is 4.74 Å². The van der Waals surface area contributed by atoms with E-state index in [0.717, 1.165) is 30.8 Å². The number of hydrogen-bond donors (Lipinski definition) is 1. The van der Waals surface area contributed by atoms with Gasteiger partial charge in [-0.3, -0.25) is 0 Å². The lowest BCUT2D eigenvalue weighted by Crippen LogP contribution is -2.14. The monoisotopic (exact) mass is 309 g/mol. The van der Waals surface area contributed by atoms with Crippen molar-refractivity contribution in [2.45, 2.75) is 19.9 Å². The Morgan fingerprint density at radius 3 is 2.60 bits per heavy atom. The highest BCUT2D eigenvalue weighted by Gasteiger charge is 2.06. The Morgan fingerprint density at radius 2 is 1.85 bits per heavy atom. The highest BCUT2D eigenvalue weighted by Crippen LogP contribution is 2.29. The average molecular weight is 310 g/mol. The zero-order valence-electron chi connectivity index (χ0n) is 11.3. The molecule has 106 valence electrons. The van der Waals surface area contributed by atoms with Crippen molar-refractivity contribution in [3.05, 3.63) is 58.1 Å². The maximum atomic E-state index is 6.05. The van der Waals surface area contributed by atoms with Crippen molar-refractivity contribution in [2.75, 3.05) is 6.54 Å². The van der Waals surface area contributed by atoms with E-state index in [1.165, 1.54) is 0 Å². The topological polar surface area (TPSA) is 21.3 Å². The minimum atomic E-state index is 0.648. The Kier molecular flexibility index (Phi) is 5.72. The maximum absolute atomic E-state index is 6.05. The molecule has 0 aliphatic carbocycles. The fourth-order valence-corrected chi connectivity index (χ4v) is 2.17. The molecule has 4 heteroatoms. The molecule has 0 aliphatic rings. The SMILES string of the molecule is CCCNCc1ccc(Cl)cc1Oc1cccc(Cl)c1. The molecule has 0 saturated heterocycles. The smallest absolute Gasteiger partial charge is 0.133 e. The Morgan fingerprint density at radius 1 is 1.05 bits per heavy atom. The van der Waals surface area contributed by atoms with Gasteiger partial charge in [0.05, 0.1) is 0 Å². The lowest BCUT2D eigenvalue weighted by Gasteiger charge is -2.12. The molecule has 0 aromatic heterocycles. The zero-order valence-corrected chi connectivity index (χ0v) is 12.8. The third-order valence-corrected chi connectivity index (χ3v) is 3.27. The van der Waals surface area contributed by atoms with Crippen LogP contribution in [0.25, 0.3) is 0 Å². The molecule has 2 rings (SSSR count). The molecule has 2 aromatic rings. The quantitative estimate of drug-likeness (QED) is 0.732. The van der Waals surface area contributed by atoms with Gasteiger partial charge in [0, 0.05) is 22.2 Å². The highest BCUT2D eigenvalue weighted by atomic mass is 35.5. The fourth-order valence-electron chi connectivity index (χ4n) is 1.83. The van der Waals surface area contributed by atoms with Crippen molar-refractivity contribution in [3.8, 4) is 11.5 Å². The van der Waals surface area contributed by atoms with Crippen molar-refractivity contribution in [3.63, 3.8) is 0 Å². The van der Waals surface area contributed by atoms with Crippen molar-refractivity contribution in [1.82, 2.24) is 5.32 Å². The molecule has 2 aromatic carbocycles. The van der Waals surface area contributed by atoms with Gasteiger partial charge in [0.2, 0.25) is 0 Å². The molecule has 20 heavy (non-hydrogen) atoms. The van der Waals surface area contributed by atoms with Crippen LogP contribution in [0.3, 0.4) is 0 Å². The molecule has 0 bridgehead atoms. The number of rotatable bonds is 6. The van der Waals surface area contributed by atoms with Crippen LogP contribution in [-0.2, 0) is 6.54 Å². The number of ether oxygens (including phenoxy) is 1. The van der Waals surface area contributed by atoms with E-state index in [9.17, 15) is 0 Å². The van der Waals surface area contributed by atoms with Crippen LogP contribution in [0.5, 0.6) is 11.5 Å². The third kappa shape index (κ3) is 4.41. The molecule has 2 nitrogen and oxygen atoms in total. The number of halogens is 2. The van der Waals surface area contributed by atoms with E-state index < -0.39 is 0 Å². The van der Waals surface area contributed by atoms with Gasteiger partial charge in [-0.2, -0.15) is 0 Å². The first-order valence-electron chi connectivity index (χ1n) is 6.61. The molecule has 0 atom stereocenters. The Balaban J connectivity index is 2.18. The Bertz CT molecular complexity index is 572. The van der Waals surface area contributed by atoms with Gasteiger partial charge in [-0.05, 0) is 43.3 Å². The summed E-state index contributed by atoms with van der Waals surface area (Å²) in [6.07, 6.45) is 1.10. The molecule has 1 N–H and O–H groups in total. The van der Waals surface area contributed by atoms with Crippen LogP contribution in [0.15, 0.2) is 42.5 Å². The van der Waals surface area contributed by atoms with E-state index in [0.29, 0.717) is 15.8 Å². The second-order valence-electron chi connectivity index (χ2n) is 4.49. The van der Waals surface area contributed by atoms with Gasteiger partial charge in [0.15, 0.2) is 0 Å². The van der Waals surface area contributed by atoms with Gasteiger partial charge in [-0.15, -0.1) is 0 Å². The minimum Gasteiger partial charge on any atom is -0.457 e. The van der Waals surface area contributed by atoms with E-state index in [4.69, 9.17) is 27.9 Å². The van der Waals surface area contributed by atoms with Crippen LogP contribution < -0.4 is 10.1 Å². The van der Waals surface area contributed by atoms with E-state index >= 15 is 0 Å². The maximum Gasteiger partial charge on any atom is 0.133 e. The predicted octanol–water partition coefficient (Wildman–Crippen LogP) is 5.29. The first-order valence-corrected chi connectivity index (χ1v) is 7.37. The first kappa shape index (κ1) is 15.2. The summed E-state index contributed by atoms with van der Waals surface area (Å²) in [6.45, 7) is 3.86. The summed E-state index contributed by atoms with van der Waals surface area (Å²) in [7, 11) is 0. The molecular weight excluding hydrogens is 293 g/mol. The summed E-state index contributed by atoms with van der Waals surface area (Å²) in [6, 6.07) is 13.0. The molecule has 0 saturated carbocycles. The summed E-state index contributed by atoms with van der Waals surface area (Å²) >= 11 is 12.0. The number of hydrogen-bond acceptors (Lipinski definition) is 2. The van der Waals surface area contributed by atoms with E-state index in [2.05, 4.69) is 12.2 Å². The normalized spacial score (nSPS) is 10.6. The molecular formula is C16H17Cl2NO. The van der Waals surface area contributed by atoms with Crippen LogP contribution in [0.4, 0.5) is 0 Å². The van der Waals surface area contributed by atoms with Crippen LogP contribution in [0.1, 0.15) is 18.9 Å². The Labute approximate surface area is 129 Å². The van der Waals surface area contributed by atoms with E-state index in [1.807, 2.05) is 36.4 Å². The molecule has 0 unspecified atom stereocenters. The summed E-state index contributed by atoms with van der Waals surface area (Å²) < 4.78 is 5.89. The minimum absolute atomic E-state index is 0.648. The van der Waals surface area contributed by atoms with Gasteiger partial charge in [0.25, 0.3) is 0 Å². The first-order chi connectivity index (χ1) is 9.69. The zero-order chi connectivity index (χ0) is 14.4. The molecule has 0 heterocycles. The summed E-state index contributed by atoms with van der Waals surface area (Å²) in [5, 5.41) is 4.66. The molecule has 0 fully saturated rings. The van der Waals surface area contributed by atoms with Crippen LogP contribution >= 0.6 is 23.2 Å². The molecule has 0 aliphatic heterocycles. The van der Waals surface area contributed by atoms with Crippen LogP contribution in [0.2, 0.25) is 10.0 Å². The van der Waals surface area contributed by atoms with Crippen molar-refractivity contribution >= 4 is 23.2 Å². The summed E-state index contributed by atoms with van der Waals surface area (Å²) in [5.41, 5.74) is 1.07. The lowest BCUT2D eigenvalue weighted by molar-refractivity contribution is 0.473. The van der Waals surface area contributed by atoms with Crippen LogP contribution in [0, 0.1) is 0 Å². The van der Waals surface area contributed by atoms with Gasteiger partial charge >= 0.3 is 0 Å². The molecule has 0 amide bonds. The summed E-state index contributed by atoms with van der Waals surface area (Å²) in [4.78, 5) is 0. The Hall–Kier alpha value is -1.22. The van der Waals surface area contributed by atoms with Gasteiger partial charge in [-0.1, -0.05) is 42.3 Å². The predicted molar refractivity (Wildman–Crippen MR) is 85.0 cm³/mol. The van der Waals surface area contributed by atoms with Gasteiger partial charge in [0.1, 0.15) is 11.5 Å². The highest BCUT2D eigenvalue weighted by molar-refractivity contribution is 6.31. The molecule has 0 spiro atoms. The largest absolute Gasteiger partial charge is 0.457 e. The number of nitrogens with one attached hydrogen (secondary N) is 1. The second-order valence-corrected chi connectivity index (χ2v) is 5.36. The lowest BCUT2D eigenvalue weighted by atomic mass is 10.2. The van der Waals surface area contributed by atoms with Gasteiger partial charge < -0.3 is 10.1 Å². The van der Waals surface area contributed by atoms with E-state index in [1.54, 1.807) is 6.07 Å². The third-order valence-electron chi connectivity index (χ3n) is 2.80. The summed E-state index contributed by atoms with van der Waals surface area (Å²) in [5.74, 6) is 1.46. The fraction of sp³-hybridized carbons (Fsp3) is 0.250. The standard InChI is InChI=1S/C16H17Cl2NO/c1-2-8-19-11-12-6-7-14(18)10-16(12)20-15-5-3-4-13(17)9-15/h3-7,9-10,19H,2,8,11H2,1H3. The van der Waals surface area contributed by atoms with Crippen LogP contribution in [-0.4, -0.2) is 6.54 Å². The second kappa shape index (κ2) is 7.53. The van der Waals surface area contributed by atoms with E-state index in [-0.39, 0.29) is 0 Å². The van der Waals surface area contributed by atoms with Crippen molar-refractivity contribution in [2.24, 2.45) is 0 Å². The number of benzene rings is 2. The van der Waals surface area contributed by atoms with Gasteiger partial charge in [-0.25, -0.2) is 0 Å². The molecule has 0 radical (unpaired) electrons. The average Bonchev–Trinajstić information content (AvgIpc) is 2.41. The van der Waals surface area contributed by atoms with Crippen molar-refractivity contribution in [1.29, 1.82) is 0 Å².